The summed E-state index contributed by atoms with van der Waals surface area (Å²) in [5.74, 6) is -4.48. The molecule has 2 nitrogen and oxygen atoms in total. The Kier molecular flexibility index (Phi) is 5.12. The van der Waals surface area contributed by atoms with E-state index in [0.717, 1.165) is 16.3 Å². The van der Waals surface area contributed by atoms with E-state index in [2.05, 4.69) is 5.32 Å². The first kappa shape index (κ1) is 18.8. The molecule has 0 unspecified atom stereocenters. The molecule has 0 saturated heterocycles. The van der Waals surface area contributed by atoms with E-state index in [1.807, 2.05) is 42.5 Å². The molecular weight excluding hydrogens is 365 g/mol. The number of carbonyl (C=O) groups excluding carboxylic acids is 1. The van der Waals surface area contributed by atoms with Gasteiger partial charge < -0.3 is 5.32 Å². The quantitative estimate of drug-likeness (QED) is 0.627. The Morgan fingerprint density at radius 2 is 1.52 bits per heavy atom. The fraction of sp³-hybridized carbons (Fsp3) is 0.150. The molecule has 0 aliphatic rings. The normalized spacial score (nSPS) is 11.6. The third-order valence-electron chi connectivity index (χ3n) is 4.10. The van der Waals surface area contributed by atoms with Crippen LogP contribution in [0.25, 0.3) is 10.8 Å². The van der Waals surface area contributed by atoms with Crippen molar-refractivity contribution in [1.29, 1.82) is 0 Å². The molecule has 0 spiro atoms. The lowest BCUT2D eigenvalue weighted by atomic mass is 10.0. The number of rotatable bonds is 4. The molecule has 3 rings (SSSR count). The third kappa shape index (κ3) is 4.24. The van der Waals surface area contributed by atoms with E-state index in [9.17, 15) is 26.7 Å². The zero-order valence-electron chi connectivity index (χ0n) is 13.9. The number of halogens is 5. The average Bonchev–Trinajstić information content (AvgIpc) is 2.59. The van der Waals surface area contributed by atoms with Gasteiger partial charge in [-0.15, -0.1) is 0 Å². The zero-order valence-corrected chi connectivity index (χ0v) is 13.9. The maximum Gasteiger partial charge on any atom is 0.422 e. The molecule has 0 saturated carbocycles. The molecule has 3 aromatic carbocycles. The van der Waals surface area contributed by atoms with E-state index in [-0.39, 0.29) is 6.54 Å². The van der Waals surface area contributed by atoms with Crippen LogP contribution in [0.1, 0.15) is 21.5 Å². The van der Waals surface area contributed by atoms with Crippen molar-refractivity contribution in [3.05, 3.63) is 82.9 Å². The SMILES string of the molecule is O=C(NCCc1ccc2ccccc2c1)c1cc(F)c(C(F)(F)F)c(F)c1. The highest BCUT2D eigenvalue weighted by molar-refractivity contribution is 5.94. The van der Waals surface area contributed by atoms with Gasteiger partial charge >= 0.3 is 6.18 Å². The van der Waals surface area contributed by atoms with Gasteiger partial charge in [-0.25, -0.2) is 8.78 Å². The molecule has 1 N–H and O–H groups in total. The van der Waals surface area contributed by atoms with Crippen LogP contribution in [0.4, 0.5) is 22.0 Å². The van der Waals surface area contributed by atoms with E-state index in [0.29, 0.717) is 18.6 Å². The van der Waals surface area contributed by atoms with Gasteiger partial charge in [0.25, 0.3) is 5.91 Å². The topological polar surface area (TPSA) is 29.1 Å². The molecular formula is C20H14F5NO. The smallest absolute Gasteiger partial charge is 0.352 e. The van der Waals surface area contributed by atoms with Crippen LogP contribution in [0.2, 0.25) is 0 Å². The van der Waals surface area contributed by atoms with Crippen molar-refractivity contribution in [2.75, 3.05) is 6.54 Å². The maximum atomic E-state index is 13.6. The van der Waals surface area contributed by atoms with Crippen molar-refractivity contribution in [3.63, 3.8) is 0 Å². The van der Waals surface area contributed by atoms with Crippen LogP contribution in [0.15, 0.2) is 54.6 Å². The molecule has 140 valence electrons. The first-order chi connectivity index (χ1) is 12.8. The highest BCUT2D eigenvalue weighted by Gasteiger charge is 2.38. The number of amides is 1. The lowest BCUT2D eigenvalue weighted by Crippen LogP contribution is -2.26. The van der Waals surface area contributed by atoms with E-state index in [1.165, 1.54) is 0 Å². The van der Waals surface area contributed by atoms with Gasteiger partial charge in [-0.3, -0.25) is 4.79 Å². The first-order valence-corrected chi connectivity index (χ1v) is 8.08. The second-order valence-corrected chi connectivity index (χ2v) is 6.00. The highest BCUT2D eigenvalue weighted by atomic mass is 19.4. The van der Waals surface area contributed by atoms with Crippen LogP contribution in [0, 0.1) is 11.6 Å². The Balaban J connectivity index is 1.67. The van der Waals surface area contributed by atoms with Crippen molar-refractivity contribution in [3.8, 4) is 0 Å². The number of benzene rings is 3. The number of nitrogens with one attached hydrogen (secondary N) is 1. The largest absolute Gasteiger partial charge is 0.422 e. The number of alkyl halides is 3. The van der Waals surface area contributed by atoms with Crippen molar-refractivity contribution in [1.82, 2.24) is 5.32 Å². The third-order valence-corrected chi connectivity index (χ3v) is 4.10. The first-order valence-electron chi connectivity index (χ1n) is 8.08. The van der Waals surface area contributed by atoms with Crippen LogP contribution in [0.3, 0.4) is 0 Å². The van der Waals surface area contributed by atoms with E-state index in [4.69, 9.17) is 0 Å². The van der Waals surface area contributed by atoms with Gasteiger partial charge in [0.15, 0.2) is 0 Å². The van der Waals surface area contributed by atoms with E-state index >= 15 is 0 Å². The predicted octanol–water partition coefficient (Wildman–Crippen LogP) is 5.11. The Labute approximate surface area is 151 Å². The fourth-order valence-electron chi connectivity index (χ4n) is 2.79. The summed E-state index contributed by atoms with van der Waals surface area (Å²) >= 11 is 0. The van der Waals surface area contributed by atoms with E-state index in [1.54, 1.807) is 0 Å². The van der Waals surface area contributed by atoms with Crippen molar-refractivity contribution >= 4 is 16.7 Å². The predicted molar refractivity (Wildman–Crippen MR) is 91.3 cm³/mol. The lowest BCUT2D eigenvalue weighted by Gasteiger charge is -2.11. The fourth-order valence-corrected chi connectivity index (χ4v) is 2.79. The van der Waals surface area contributed by atoms with Gasteiger partial charge in [-0.05, 0) is 34.9 Å². The van der Waals surface area contributed by atoms with Crippen LogP contribution in [-0.4, -0.2) is 12.5 Å². The lowest BCUT2D eigenvalue weighted by molar-refractivity contribution is -0.142. The molecule has 1 amide bonds. The minimum atomic E-state index is -5.17. The molecule has 0 radical (unpaired) electrons. The second-order valence-electron chi connectivity index (χ2n) is 6.00. The molecule has 3 aromatic rings. The molecule has 0 aliphatic carbocycles. The summed E-state index contributed by atoms with van der Waals surface area (Å²) in [7, 11) is 0. The molecule has 0 aliphatic heterocycles. The Morgan fingerprint density at radius 1 is 0.889 bits per heavy atom. The van der Waals surface area contributed by atoms with Crippen LogP contribution < -0.4 is 5.32 Å². The summed E-state index contributed by atoms with van der Waals surface area (Å²) in [5, 5.41) is 4.56. The standard InChI is InChI=1S/C20H14F5NO/c21-16-10-15(11-17(22)18(16)20(23,24)25)19(27)26-8-7-12-5-6-13-3-1-2-4-14(13)9-12/h1-6,9-11H,7-8H2,(H,26,27). The number of hydrogen-bond acceptors (Lipinski definition) is 1. The van der Waals surface area contributed by atoms with Crippen LogP contribution in [0.5, 0.6) is 0 Å². The van der Waals surface area contributed by atoms with Gasteiger partial charge in [0.05, 0.1) is 0 Å². The van der Waals surface area contributed by atoms with Gasteiger partial charge in [-0.2, -0.15) is 13.2 Å². The van der Waals surface area contributed by atoms with Gasteiger partial charge in [0.1, 0.15) is 17.2 Å². The summed E-state index contributed by atoms with van der Waals surface area (Å²) in [4.78, 5) is 12.0. The number of hydrogen-bond donors (Lipinski definition) is 1. The summed E-state index contributed by atoms with van der Waals surface area (Å²) in [6.45, 7) is 0.168. The van der Waals surface area contributed by atoms with E-state index < -0.39 is 34.8 Å². The van der Waals surface area contributed by atoms with Crippen molar-refractivity contribution < 1.29 is 26.7 Å². The number of carbonyl (C=O) groups is 1. The highest BCUT2D eigenvalue weighted by Crippen LogP contribution is 2.33. The minimum absolute atomic E-state index is 0.168. The van der Waals surface area contributed by atoms with Gasteiger partial charge in [0.2, 0.25) is 0 Å². The van der Waals surface area contributed by atoms with Gasteiger partial charge in [0, 0.05) is 12.1 Å². The Hall–Kier alpha value is -2.96. The second kappa shape index (κ2) is 7.34. The minimum Gasteiger partial charge on any atom is -0.352 e. The molecule has 0 fully saturated rings. The summed E-state index contributed by atoms with van der Waals surface area (Å²) in [6, 6.07) is 14.3. The Bertz CT molecular complexity index is 974. The van der Waals surface area contributed by atoms with Crippen molar-refractivity contribution in [2.45, 2.75) is 12.6 Å². The zero-order chi connectivity index (χ0) is 19.6. The number of fused-ring (bicyclic) bond motifs is 1. The average molecular weight is 379 g/mol. The summed E-state index contributed by atoms with van der Waals surface area (Å²) < 4.78 is 64.8. The van der Waals surface area contributed by atoms with Gasteiger partial charge in [-0.1, -0.05) is 42.5 Å². The molecule has 0 heterocycles. The molecule has 0 atom stereocenters. The maximum absolute atomic E-state index is 13.6. The van der Waals surface area contributed by atoms with Crippen LogP contribution >= 0.6 is 0 Å². The molecule has 0 bridgehead atoms. The summed E-state index contributed by atoms with van der Waals surface area (Å²) in [6.07, 6.45) is -4.71. The summed E-state index contributed by atoms with van der Waals surface area (Å²) in [5.41, 5.74) is -1.56. The Morgan fingerprint density at radius 3 is 2.15 bits per heavy atom. The molecule has 27 heavy (non-hydrogen) atoms. The van der Waals surface area contributed by atoms with Crippen LogP contribution in [-0.2, 0) is 12.6 Å². The molecule has 0 aromatic heterocycles. The van der Waals surface area contributed by atoms with Crippen molar-refractivity contribution in [2.24, 2.45) is 0 Å². The molecule has 7 heteroatoms. The monoisotopic (exact) mass is 379 g/mol.